The summed E-state index contributed by atoms with van der Waals surface area (Å²) in [6.07, 6.45) is 7.90. The molecular weight excluding hydrogens is 240 g/mol. The van der Waals surface area contributed by atoms with Gasteiger partial charge in [0, 0.05) is 10.9 Å². The van der Waals surface area contributed by atoms with Crippen LogP contribution in [0.15, 0.2) is 45.6 Å². The smallest absolute Gasteiger partial charge is 0.346 e. The van der Waals surface area contributed by atoms with Gasteiger partial charge in [0.2, 0.25) is 0 Å². The molecule has 0 N–H and O–H groups in total. The summed E-state index contributed by atoms with van der Waals surface area (Å²) in [5.74, 6) is 5.87. The fourth-order valence-corrected chi connectivity index (χ4v) is 1.91. The van der Waals surface area contributed by atoms with Crippen LogP contribution in [0, 0.1) is 11.8 Å². The number of carbonyl (C=O) groups excluding carboxylic acids is 1. The maximum absolute atomic E-state index is 11.5. The molecule has 3 nitrogen and oxygen atoms in total. The summed E-state index contributed by atoms with van der Waals surface area (Å²) in [5, 5.41) is 0.705. The zero-order valence-corrected chi connectivity index (χ0v) is 9.84. The molecule has 3 rings (SSSR count). The van der Waals surface area contributed by atoms with Gasteiger partial charge in [0.05, 0.1) is 0 Å². The van der Waals surface area contributed by atoms with Crippen LogP contribution >= 0.6 is 0 Å². The van der Waals surface area contributed by atoms with E-state index in [0.717, 1.165) is 11.1 Å². The van der Waals surface area contributed by atoms with Gasteiger partial charge in [-0.3, -0.25) is 4.79 Å². The minimum absolute atomic E-state index is 0.0215. The Labute approximate surface area is 108 Å². The zero-order chi connectivity index (χ0) is 13.2. The molecule has 0 saturated carbocycles. The quantitative estimate of drug-likeness (QED) is 0.442. The van der Waals surface area contributed by atoms with Crippen molar-refractivity contribution in [1.29, 1.82) is 0 Å². The van der Waals surface area contributed by atoms with E-state index in [-0.39, 0.29) is 5.56 Å². The molecule has 0 spiro atoms. The van der Waals surface area contributed by atoms with Crippen molar-refractivity contribution in [3.8, 4) is 11.8 Å². The Morgan fingerprint density at radius 1 is 1.16 bits per heavy atom. The molecule has 0 bridgehead atoms. The molecule has 0 fully saturated rings. The molecule has 1 aliphatic carbocycles. The van der Waals surface area contributed by atoms with Crippen LogP contribution in [0.5, 0.6) is 0 Å². The van der Waals surface area contributed by atoms with Gasteiger partial charge in [0.25, 0.3) is 0 Å². The van der Waals surface area contributed by atoms with Crippen LogP contribution in [0.25, 0.3) is 17.0 Å². The van der Waals surface area contributed by atoms with E-state index in [9.17, 15) is 9.59 Å². The lowest BCUT2D eigenvalue weighted by molar-refractivity contribution is 0.112. The summed E-state index contributed by atoms with van der Waals surface area (Å²) < 4.78 is 5.13. The van der Waals surface area contributed by atoms with Crippen molar-refractivity contribution in [1.82, 2.24) is 0 Å². The monoisotopic (exact) mass is 248 g/mol. The molecule has 0 unspecified atom stereocenters. The third kappa shape index (κ3) is 2.00. The largest absolute Gasteiger partial charge is 0.422 e. The number of hydrogen-bond donors (Lipinski definition) is 0. The average Bonchev–Trinajstić information content (AvgIpc) is 2.38. The normalized spacial score (nSPS) is 13.9. The highest BCUT2D eigenvalue weighted by molar-refractivity contribution is 5.87. The third-order valence-electron chi connectivity index (χ3n) is 2.83. The molecule has 1 aromatic heterocycles. The van der Waals surface area contributed by atoms with Gasteiger partial charge in [-0.2, -0.15) is 0 Å². The van der Waals surface area contributed by atoms with Gasteiger partial charge in [-0.25, -0.2) is 4.79 Å². The first kappa shape index (κ1) is 11.2. The first-order valence-corrected chi connectivity index (χ1v) is 5.70. The van der Waals surface area contributed by atoms with Crippen LogP contribution in [0.1, 0.15) is 21.5 Å². The van der Waals surface area contributed by atoms with Crippen molar-refractivity contribution in [2.24, 2.45) is 0 Å². The van der Waals surface area contributed by atoms with E-state index in [1.54, 1.807) is 12.1 Å². The molecule has 1 aromatic carbocycles. The van der Waals surface area contributed by atoms with Crippen molar-refractivity contribution in [3.05, 3.63) is 63.5 Å². The van der Waals surface area contributed by atoms with Crippen LogP contribution < -0.4 is 5.63 Å². The van der Waals surface area contributed by atoms with E-state index in [4.69, 9.17) is 4.42 Å². The minimum Gasteiger partial charge on any atom is -0.422 e. The molecule has 19 heavy (non-hydrogen) atoms. The number of benzene rings is 1. The average molecular weight is 248 g/mol. The van der Waals surface area contributed by atoms with E-state index >= 15 is 0 Å². The number of rotatable bonds is 1. The van der Waals surface area contributed by atoms with Gasteiger partial charge in [-0.15, -0.1) is 0 Å². The lowest BCUT2D eigenvalue weighted by Gasteiger charge is -2.03. The highest BCUT2D eigenvalue weighted by Crippen LogP contribution is 2.21. The number of allylic oxidation sites excluding steroid dienone is 3. The van der Waals surface area contributed by atoms with E-state index in [2.05, 4.69) is 11.8 Å². The van der Waals surface area contributed by atoms with Crippen LogP contribution in [0.2, 0.25) is 0 Å². The first-order chi connectivity index (χ1) is 9.28. The Hall–Kier alpha value is -2.86. The highest BCUT2D eigenvalue weighted by Gasteiger charge is 2.07. The molecule has 1 heterocycles. The van der Waals surface area contributed by atoms with Crippen molar-refractivity contribution in [3.63, 3.8) is 0 Å². The van der Waals surface area contributed by atoms with Crippen molar-refractivity contribution in [2.75, 3.05) is 0 Å². The molecule has 2 aromatic rings. The number of fused-ring (bicyclic) bond motifs is 2. The lowest BCUT2D eigenvalue weighted by Crippen LogP contribution is -2.05. The molecule has 0 saturated heterocycles. The minimum atomic E-state index is -0.628. The Balaban J connectivity index is 2.35. The third-order valence-corrected chi connectivity index (χ3v) is 2.83. The van der Waals surface area contributed by atoms with E-state index in [1.165, 1.54) is 6.07 Å². The van der Waals surface area contributed by atoms with Gasteiger partial charge >= 0.3 is 5.63 Å². The van der Waals surface area contributed by atoms with Gasteiger partial charge < -0.3 is 4.42 Å². The van der Waals surface area contributed by atoms with Gasteiger partial charge in [-0.05, 0) is 29.8 Å². The van der Waals surface area contributed by atoms with Crippen molar-refractivity contribution in [2.45, 2.75) is 0 Å². The maximum Gasteiger partial charge on any atom is 0.346 e. The Morgan fingerprint density at radius 3 is 2.89 bits per heavy atom. The Kier molecular flexibility index (Phi) is 2.62. The number of hydrogen-bond acceptors (Lipinski definition) is 3. The Morgan fingerprint density at radius 2 is 2.05 bits per heavy atom. The molecule has 1 aliphatic rings. The molecule has 3 heteroatoms. The summed E-state index contributed by atoms with van der Waals surface area (Å²) >= 11 is 0. The van der Waals surface area contributed by atoms with Crippen molar-refractivity contribution >= 4 is 23.3 Å². The van der Waals surface area contributed by atoms with Crippen LogP contribution in [0.3, 0.4) is 0 Å². The summed E-state index contributed by atoms with van der Waals surface area (Å²) in [5.41, 5.74) is 1.54. The fourth-order valence-electron chi connectivity index (χ4n) is 1.91. The summed E-state index contributed by atoms with van der Waals surface area (Å²) in [6.45, 7) is 0. The van der Waals surface area contributed by atoms with E-state index in [0.29, 0.717) is 17.3 Å². The zero-order valence-electron chi connectivity index (χ0n) is 9.84. The summed E-state index contributed by atoms with van der Waals surface area (Å²) in [7, 11) is 0. The second-order valence-corrected chi connectivity index (χ2v) is 4.07. The van der Waals surface area contributed by atoms with Gasteiger partial charge in [0.15, 0.2) is 6.29 Å². The molecule has 0 atom stereocenters. The van der Waals surface area contributed by atoms with Crippen LogP contribution in [0.4, 0.5) is 0 Å². The maximum atomic E-state index is 11.5. The molecule has 0 radical (unpaired) electrons. The second kappa shape index (κ2) is 4.43. The summed E-state index contributed by atoms with van der Waals surface area (Å²) in [6, 6.07) is 5.10. The second-order valence-electron chi connectivity index (χ2n) is 4.07. The molecule has 0 amide bonds. The van der Waals surface area contributed by atoms with Gasteiger partial charge in [0.1, 0.15) is 11.1 Å². The lowest BCUT2D eigenvalue weighted by atomic mass is 10.0. The highest BCUT2D eigenvalue weighted by atomic mass is 16.4. The molecular formula is C16H8O3. The molecule has 90 valence electrons. The van der Waals surface area contributed by atoms with Crippen molar-refractivity contribution < 1.29 is 9.21 Å². The predicted octanol–water partition coefficient (Wildman–Crippen LogP) is 2.54. The van der Waals surface area contributed by atoms with Crippen LogP contribution in [-0.2, 0) is 0 Å². The standard InChI is InChI=1S/C16H8O3/c17-10-14-8-13-7-11-5-3-1-2-4-6-12(11)9-15(13)19-16(14)18/h1-3,5,7-10H/b2-1-,3-1?,5-3?,11-5?. The number of carbonyl (C=O) groups is 1. The van der Waals surface area contributed by atoms with Crippen LogP contribution in [-0.4, -0.2) is 6.29 Å². The fraction of sp³-hybridized carbons (Fsp3) is 0. The summed E-state index contributed by atoms with van der Waals surface area (Å²) in [4.78, 5) is 22.3. The van der Waals surface area contributed by atoms with E-state index in [1.807, 2.05) is 24.3 Å². The van der Waals surface area contributed by atoms with Gasteiger partial charge in [-0.1, -0.05) is 30.1 Å². The van der Waals surface area contributed by atoms with E-state index < -0.39 is 5.63 Å². The first-order valence-electron chi connectivity index (χ1n) is 5.70. The molecule has 0 aliphatic heterocycles. The Bertz CT molecular complexity index is 855. The number of aldehydes is 1. The topological polar surface area (TPSA) is 47.3 Å². The SMILES string of the molecule is O=Cc1cc2cc3c(cc2oc1=O)C#C/C=C\C=C3. The predicted molar refractivity (Wildman–Crippen MR) is 72.9 cm³/mol.